The van der Waals surface area contributed by atoms with Crippen molar-refractivity contribution in [1.29, 1.82) is 0 Å². The van der Waals surface area contributed by atoms with Crippen molar-refractivity contribution in [2.24, 2.45) is 5.11 Å². The number of esters is 1. The highest BCUT2D eigenvalue weighted by atomic mass is 16.5. The molecule has 0 unspecified atom stereocenters. The third-order valence-corrected chi connectivity index (χ3v) is 6.32. The standard InChI is InChI=1S/C26H24N4O4/c1-14-22(25(31)33-4)15(2)24(29-30-27)16(3)23(14)28-26(32)34-13-21-19-11-7-5-9-17(19)18-10-6-8-12-20(18)21/h5-12,21H,13H2,1-4H3,(H,28,32). The summed E-state index contributed by atoms with van der Waals surface area (Å²) >= 11 is 0. The number of carbonyl (C=O) groups is 2. The van der Waals surface area contributed by atoms with Crippen LogP contribution in [0.1, 0.15) is 44.1 Å². The molecule has 1 amide bonds. The van der Waals surface area contributed by atoms with Gasteiger partial charge in [0.15, 0.2) is 0 Å². The van der Waals surface area contributed by atoms with Crippen molar-refractivity contribution in [2.45, 2.75) is 26.7 Å². The Labute approximate surface area is 197 Å². The summed E-state index contributed by atoms with van der Waals surface area (Å²) < 4.78 is 10.5. The van der Waals surface area contributed by atoms with Crippen LogP contribution in [-0.4, -0.2) is 25.8 Å². The number of azide groups is 1. The van der Waals surface area contributed by atoms with Gasteiger partial charge in [-0.15, -0.1) is 0 Å². The van der Waals surface area contributed by atoms with Crippen molar-refractivity contribution in [3.8, 4) is 11.1 Å². The van der Waals surface area contributed by atoms with Gasteiger partial charge in [-0.2, -0.15) is 0 Å². The lowest BCUT2D eigenvalue weighted by molar-refractivity contribution is 0.0599. The maximum atomic E-state index is 12.8. The molecule has 0 atom stereocenters. The maximum Gasteiger partial charge on any atom is 0.411 e. The van der Waals surface area contributed by atoms with Gasteiger partial charge < -0.3 is 9.47 Å². The summed E-state index contributed by atoms with van der Waals surface area (Å²) in [7, 11) is 1.27. The second kappa shape index (κ2) is 9.29. The molecule has 0 aliphatic heterocycles. The number of ether oxygens (including phenoxy) is 2. The number of amides is 1. The quantitative estimate of drug-likeness (QED) is 0.199. The van der Waals surface area contributed by atoms with Crippen molar-refractivity contribution in [3.05, 3.63) is 92.4 Å². The zero-order valence-corrected chi connectivity index (χ0v) is 19.4. The SMILES string of the molecule is COC(=O)c1c(C)c(N=[N+]=[N-])c(C)c(NC(=O)OCC2c3ccccc3-c3ccccc32)c1C. The number of hydrogen-bond acceptors (Lipinski definition) is 5. The number of hydrogen-bond donors (Lipinski definition) is 1. The number of rotatable bonds is 5. The largest absolute Gasteiger partial charge is 0.465 e. The first-order valence-corrected chi connectivity index (χ1v) is 10.8. The Morgan fingerprint density at radius 3 is 2.12 bits per heavy atom. The van der Waals surface area contributed by atoms with E-state index in [0.29, 0.717) is 22.4 Å². The lowest BCUT2D eigenvalue weighted by atomic mass is 9.95. The first-order valence-electron chi connectivity index (χ1n) is 10.8. The van der Waals surface area contributed by atoms with Gasteiger partial charge in [0.1, 0.15) is 6.61 Å². The lowest BCUT2D eigenvalue weighted by Crippen LogP contribution is -2.20. The number of anilines is 1. The molecule has 0 bridgehead atoms. The van der Waals surface area contributed by atoms with Crippen molar-refractivity contribution in [3.63, 3.8) is 0 Å². The minimum atomic E-state index is -0.667. The summed E-state index contributed by atoms with van der Waals surface area (Å²) in [5.74, 6) is -0.664. The molecule has 0 radical (unpaired) electrons. The van der Waals surface area contributed by atoms with Gasteiger partial charge in [-0.1, -0.05) is 53.6 Å². The van der Waals surface area contributed by atoms with Gasteiger partial charge in [0.2, 0.25) is 0 Å². The van der Waals surface area contributed by atoms with E-state index in [2.05, 4.69) is 27.5 Å². The molecule has 0 saturated carbocycles. The summed E-state index contributed by atoms with van der Waals surface area (Å²) in [6.45, 7) is 5.24. The van der Waals surface area contributed by atoms with Crippen molar-refractivity contribution in [2.75, 3.05) is 19.0 Å². The van der Waals surface area contributed by atoms with Gasteiger partial charge in [0.25, 0.3) is 0 Å². The highest BCUT2D eigenvalue weighted by molar-refractivity contribution is 5.99. The number of nitrogens with one attached hydrogen (secondary N) is 1. The van der Waals surface area contributed by atoms with Crippen LogP contribution in [0.4, 0.5) is 16.2 Å². The average Bonchev–Trinajstić information content (AvgIpc) is 3.17. The Kier molecular flexibility index (Phi) is 6.25. The van der Waals surface area contributed by atoms with E-state index in [4.69, 9.17) is 15.0 Å². The fourth-order valence-corrected chi connectivity index (χ4v) is 4.73. The van der Waals surface area contributed by atoms with Crippen molar-refractivity contribution >= 4 is 23.4 Å². The van der Waals surface area contributed by atoms with Crippen LogP contribution in [0.2, 0.25) is 0 Å². The fraction of sp³-hybridized carbons (Fsp3) is 0.231. The van der Waals surface area contributed by atoms with E-state index in [9.17, 15) is 9.59 Å². The predicted molar refractivity (Wildman–Crippen MR) is 129 cm³/mol. The molecule has 34 heavy (non-hydrogen) atoms. The third-order valence-electron chi connectivity index (χ3n) is 6.32. The molecule has 1 aliphatic rings. The van der Waals surface area contributed by atoms with E-state index < -0.39 is 12.1 Å². The van der Waals surface area contributed by atoms with Crippen LogP contribution >= 0.6 is 0 Å². The number of carbonyl (C=O) groups excluding carboxylic acids is 2. The van der Waals surface area contributed by atoms with E-state index in [1.165, 1.54) is 7.11 Å². The number of nitrogens with zero attached hydrogens (tertiary/aromatic N) is 3. The highest BCUT2D eigenvalue weighted by Gasteiger charge is 2.29. The Hall–Kier alpha value is -4.29. The van der Waals surface area contributed by atoms with Gasteiger partial charge in [-0.25, -0.2) is 9.59 Å². The smallest absolute Gasteiger partial charge is 0.411 e. The maximum absolute atomic E-state index is 12.8. The molecule has 0 spiro atoms. The molecule has 0 heterocycles. The van der Waals surface area contributed by atoms with Crippen LogP contribution in [0, 0.1) is 20.8 Å². The Morgan fingerprint density at radius 1 is 0.971 bits per heavy atom. The van der Waals surface area contributed by atoms with E-state index in [1.54, 1.807) is 20.8 Å². The van der Waals surface area contributed by atoms with Crippen LogP contribution in [-0.2, 0) is 9.47 Å². The molecule has 3 aromatic carbocycles. The molecule has 0 aromatic heterocycles. The predicted octanol–water partition coefficient (Wildman–Crippen LogP) is 6.70. The summed E-state index contributed by atoms with van der Waals surface area (Å²) in [5, 5.41) is 6.48. The number of methoxy groups -OCH3 is 1. The second-order valence-corrected chi connectivity index (χ2v) is 8.11. The molecule has 8 nitrogen and oxygen atoms in total. The Balaban J connectivity index is 1.61. The normalized spacial score (nSPS) is 11.8. The lowest BCUT2D eigenvalue weighted by Gasteiger charge is -2.20. The molecule has 3 aromatic rings. The van der Waals surface area contributed by atoms with Crippen LogP contribution < -0.4 is 5.32 Å². The van der Waals surface area contributed by atoms with Gasteiger partial charge in [0.05, 0.1) is 18.4 Å². The fourth-order valence-electron chi connectivity index (χ4n) is 4.73. The molecular formula is C26H24N4O4. The Morgan fingerprint density at radius 2 is 1.56 bits per heavy atom. The van der Waals surface area contributed by atoms with Crippen molar-refractivity contribution < 1.29 is 19.1 Å². The molecule has 1 N–H and O–H groups in total. The summed E-state index contributed by atoms with van der Waals surface area (Å²) in [6.07, 6.45) is -0.667. The van der Waals surface area contributed by atoms with Crippen LogP contribution in [0.5, 0.6) is 0 Å². The summed E-state index contributed by atoms with van der Waals surface area (Å²) in [6, 6.07) is 16.2. The van der Waals surface area contributed by atoms with Gasteiger partial charge >= 0.3 is 12.1 Å². The van der Waals surface area contributed by atoms with E-state index in [-0.39, 0.29) is 23.8 Å². The highest BCUT2D eigenvalue weighted by Crippen LogP contribution is 2.44. The van der Waals surface area contributed by atoms with Crippen LogP contribution in [0.25, 0.3) is 21.6 Å². The first-order chi connectivity index (χ1) is 16.4. The monoisotopic (exact) mass is 456 g/mol. The molecule has 1 aliphatic carbocycles. The minimum Gasteiger partial charge on any atom is -0.465 e. The van der Waals surface area contributed by atoms with Crippen LogP contribution in [0.3, 0.4) is 0 Å². The molecule has 0 saturated heterocycles. The van der Waals surface area contributed by atoms with Gasteiger partial charge in [-0.05, 0) is 65.2 Å². The molecule has 8 heteroatoms. The number of fused-ring (bicyclic) bond motifs is 3. The minimum absolute atomic E-state index is 0.0808. The zero-order chi connectivity index (χ0) is 24.4. The van der Waals surface area contributed by atoms with Crippen molar-refractivity contribution in [1.82, 2.24) is 0 Å². The molecule has 4 rings (SSSR count). The molecular weight excluding hydrogens is 432 g/mol. The third kappa shape index (κ3) is 3.84. The Bertz CT molecular complexity index is 1310. The molecule has 0 fully saturated rings. The zero-order valence-electron chi connectivity index (χ0n) is 19.4. The van der Waals surface area contributed by atoms with Crippen LogP contribution in [0.15, 0.2) is 53.6 Å². The van der Waals surface area contributed by atoms with Gasteiger partial charge in [0, 0.05) is 16.5 Å². The second-order valence-electron chi connectivity index (χ2n) is 8.11. The van der Waals surface area contributed by atoms with E-state index in [0.717, 1.165) is 22.3 Å². The summed E-state index contributed by atoms with van der Waals surface area (Å²) in [4.78, 5) is 28.1. The van der Waals surface area contributed by atoms with Gasteiger partial charge in [-0.3, -0.25) is 5.32 Å². The number of benzene rings is 3. The average molecular weight is 457 g/mol. The molecule has 172 valence electrons. The first kappa shape index (κ1) is 22.9. The van der Waals surface area contributed by atoms with E-state index in [1.807, 2.05) is 36.4 Å². The summed E-state index contributed by atoms with van der Waals surface area (Å²) in [5.41, 5.74) is 15.9. The topological polar surface area (TPSA) is 113 Å². The van der Waals surface area contributed by atoms with E-state index >= 15 is 0 Å².